The fraction of sp³-hybridized carbons (Fsp3) is 0.111. The number of nitrogens with two attached hydrogens (primary N) is 1. The van der Waals surface area contributed by atoms with E-state index in [2.05, 4.69) is 4.99 Å². The van der Waals surface area contributed by atoms with Gasteiger partial charge in [-0.3, -0.25) is 4.79 Å². The van der Waals surface area contributed by atoms with E-state index in [4.69, 9.17) is 5.73 Å². The molecule has 1 aromatic rings. The molecule has 1 heterocycles. The van der Waals surface area contributed by atoms with Crippen LogP contribution in [0, 0.1) is 0 Å². The molecule has 0 spiro atoms. The van der Waals surface area contributed by atoms with Crippen LogP contribution >= 0.6 is 11.8 Å². The second-order valence-electron chi connectivity index (χ2n) is 2.69. The highest BCUT2D eigenvalue weighted by Crippen LogP contribution is 2.23. The third-order valence-corrected chi connectivity index (χ3v) is 2.73. The average Bonchev–Trinajstić information content (AvgIpc) is 2.53. The molecule has 0 fully saturated rings. The summed E-state index contributed by atoms with van der Waals surface area (Å²) < 4.78 is 0. The molecule has 13 heavy (non-hydrogen) atoms. The Morgan fingerprint density at radius 3 is 2.77 bits per heavy atom. The molecular formula is C9H8N2OS. The van der Waals surface area contributed by atoms with Crippen molar-refractivity contribution in [1.29, 1.82) is 0 Å². The number of rotatable bonds is 1. The van der Waals surface area contributed by atoms with Gasteiger partial charge in [-0.25, -0.2) is 4.99 Å². The van der Waals surface area contributed by atoms with Crippen molar-refractivity contribution in [2.24, 2.45) is 4.99 Å². The fourth-order valence-corrected chi connectivity index (χ4v) is 1.97. The number of anilines is 1. The van der Waals surface area contributed by atoms with Crippen molar-refractivity contribution in [2.45, 2.75) is 0 Å². The minimum atomic E-state index is -0.0803. The van der Waals surface area contributed by atoms with E-state index in [0.717, 1.165) is 10.6 Å². The Morgan fingerprint density at radius 2 is 2.15 bits per heavy atom. The van der Waals surface area contributed by atoms with Crippen LogP contribution in [-0.4, -0.2) is 16.7 Å². The van der Waals surface area contributed by atoms with Gasteiger partial charge < -0.3 is 5.73 Å². The van der Waals surface area contributed by atoms with Crippen molar-refractivity contribution in [3.8, 4) is 0 Å². The maximum Gasteiger partial charge on any atom is 0.257 e. The number of nitrogens with zero attached hydrogens (tertiary/aromatic N) is 1. The van der Waals surface area contributed by atoms with Crippen LogP contribution in [0.15, 0.2) is 29.3 Å². The molecule has 0 unspecified atom stereocenters. The van der Waals surface area contributed by atoms with Crippen LogP contribution < -0.4 is 5.73 Å². The molecule has 1 aliphatic heterocycles. The van der Waals surface area contributed by atoms with Crippen LogP contribution in [0.5, 0.6) is 0 Å². The number of aliphatic imine (C=N–C) groups is 1. The van der Waals surface area contributed by atoms with E-state index in [1.165, 1.54) is 11.8 Å². The van der Waals surface area contributed by atoms with E-state index >= 15 is 0 Å². The van der Waals surface area contributed by atoms with Gasteiger partial charge in [0, 0.05) is 11.3 Å². The average molecular weight is 192 g/mol. The van der Waals surface area contributed by atoms with E-state index < -0.39 is 0 Å². The minimum absolute atomic E-state index is 0.0803. The summed E-state index contributed by atoms with van der Waals surface area (Å²) in [5, 5.41) is 0.739. The highest BCUT2D eigenvalue weighted by molar-refractivity contribution is 8.15. The van der Waals surface area contributed by atoms with Gasteiger partial charge in [0.1, 0.15) is 5.04 Å². The number of hydrogen-bond acceptors (Lipinski definition) is 3. The quantitative estimate of drug-likeness (QED) is 0.682. The molecular weight excluding hydrogens is 184 g/mol. The summed E-state index contributed by atoms with van der Waals surface area (Å²) in [6.07, 6.45) is 0. The zero-order chi connectivity index (χ0) is 9.26. The molecule has 4 heteroatoms. The number of amides is 1. The van der Waals surface area contributed by atoms with E-state index in [1.807, 2.05) is 18.2 Å². The maximum atomic E-state index is 10.9. The Labute approximate surface area is 80.0 Å². The van der Waals surface area contributed by atoms with Crippen molar-refractivity contribution in [2.75, 3.05) is 11.5 Å². The first-order valence-corrected chi connectivity index (χ1v) is 4.85. The molecule has 0 saturated heterocycles. The minimum Gasteiger partial charge on any atom is -0.398 e. The number of nitrogen functional groups attached to an aromatic ring is 1. The maximum absolute atomic E-state index is 10.9. The second-order valence-corrected chi connectivity index (χ2v) is 3.65. The smallest absolute Gasteiger partial charge is 0.257 e. The van der Waals surface area contributed by atoms with Gasteiger partial charge >= 0.3 is 0 Å². The van der Waals surface area contributed by atoms with Gasteiger partial charge in [-0.05, 0) is 6.07 Å². The molecule has 0 aliphatic carbocycles. The van der Waals surface area contributed by atoms with Gasteiger partial charge in [0.2, 0.25) is 0 Å². The lowest BCUT2D eigenvalue weighted by atomic mass is 10.2. The molecule has 2 rings (SSSR count). The van der Waals surface area contributed by atoms with Crippen LogP contribution in [0.1, 0.15) is 5.56 Å². The Morgan fingerprint density at radius 1 is 1.38 bits per heavy atom. The molecule has 1 amide bonds. The molecule has 0 aromatic heterocycles. The van der Waals surface area contributed by atoms with Crippen LogP contribution in [0.4, 0.5) is 5.69 Å². The molecule has 0 bridgehead atoms. The number of benzene rings is 1. The van der Waals surface area contributed by atoms with E-state index in [1.54, 1.807) is 6.07 Å². The summed E-state index contributed by atoms with van der Waals surface area (Å²) in [5.74, 6) is 0.354. The summed E-state index contributed by atoms with van der Waals surface area (Å²) in [4.78, 5) is 14.8. The van der Waals surface area contributed by atoms with Gasteiger partial charge in [-0.2, -0.15) is 0 Å². The third kappa shape index (κ3) is 1.58. The van der Waals surface area contributed by atoms with E-state index in [-0.39, 0.29) is 5.91 Å². The lowest BCUT2D eigenvalue weighted by molar-refractivity contribution is -0.115. The lowest BCUT2D eigenvalue weighted by Crippen LogP contribution is -1.98. The van der Waals surface area contributed by atoms with E-state index in [0.29, 0.717) is 11.4 Å². The standard InChI is InChI=1S/C9H8N2OS/c10-7-4-2-1-3-6(7)9-11-8(12)5-13-9/h1-4H,5,10H2. The van der Waals surface area contributed by atoms with Crippen molar-refractivity contribution in [1.82, 2.24) is 0 Å². The van der Waals surface area contributed by atoms with Crippen LogP contribution in [0.3, 0.4) is 0 Å². The Balaban J connectivity index is 2.41. The molecule has 0 radical (unpaired) electrons. The third-order valence-electron chi connectivity index (χ3n) is 1.75. The number of para-hydroxylation sites is 1. The monoisotopic (exact) mass is 192 g/mol. The van der Waals surface area contributed by atoms with Crippen LogP contribution in [0.2, 0.25) is 0 Å². The molecule has 2 N–H and O–H groups in total. The highest BCUT2D eigenvalue weighted by atomic mass is 32.2. The van der Waals surface area contributed by atoms with Gasteiger partial charge in [0.15, 0.2) is 0 Å². The summed E-state index contributed by atoms with van der Waals surface area (Å²) in [6.45, 7) is 0. The van der Waals surface area contributed by atoms with Gasteiger partial charge in [-0.1, -0.05) is 30.0 Å². The topological polar surface area (TPSA) is 55.4 Å². The Bertz CT molecular complexity index is 387. The summed E-state index contributed by atoms with van der Waals surface area (Å²) in [5.41, 5.74) is 7.27. The first kappa shape index (κ1) is 8.31. The van der Waals surface area contributed by atoms with Crippen molar-refractivity contribution in [3.05, 3.63) is 29.8 Å². The van der Waals surface area contributed by atoms with Crippen molar-refractivity contribution < 1.29 is 4.79 Å². The second kappa shape index (κ2) is 3.22. The van der Waals surface area contributed by atoms with Crippen molar-refractivity contribution >= 4 is 28.4 Å². The number of carbonyl (C=O) groups is 1. The molecule has 0 saturated carbocycles. The van der Waals surface area contributed by atoms with Crippen LogP contribution in [0.25, 0.3) is 0 Å². The predicted molar refractivity (Wildman–Crippen MR) is 54.9 cm³/mol. The largest absolute Gasteiger partial charge is 0.398 e. The lowest BCUT2D eigenvalue weighted by Gasteiger charge is -2.01. The highest BCUT2D eigenvalue weighted by Gasteiger charge is 2.17. The summed E-state index contributed by atoms with van der Waals surface area (Å²) in [7, 11) is 0. The molecule has 3 nitrogen and oxygen atoms in total. The Kier molecular flexibility index (Phi) is 2.06. The normalized spacial score (nSPS) is 16.0. The molecule has 1 aromatic carbocycles. The first-order valence-electron chi connectivity index (χ1n) is 3.86. The zero-order valence-corrected chi connectivity index (χ0v) is 7.67. The summed E-state index contributed by atoms with van der Waals surface area (Å²) in [6, 6.07) is 7.43. The van der Waals surface area contributed by atoms with Gasteiger partial charge in [0.05, 0.1) is 5.75 Å². The molecule has 1 aliphatic rings. The zero-order valence-electron chi connectivity index (χ0n) is 6.86. The molecule has 0 atom stereocenters. The number of hydrogen-bond donors (Lipinski definition) is 1. The Hall–Kier alpha value is -1.29. The van der Waals surface area contributed by atoms with Crippen molar-refractivity contribution in [3.63, 3.8) is 0 Å². The van der Waals surface area contributed by atoms with Crippen LogP contribution in [-0.2, 0) is 4.79 Å². The number of carbonyl (C=O) groups excluding carboxylic acids is 1. The summed E-state index contributed by atoms with van der Waals surface area (Å²) >= 11 is 1.44. The number of thioether (sulfide) groups is 1. The van der Waals surface area contributed by atoms with Gasteiger partial charge in [0.25, 0.3) is 5.91 Å². The fourth-order valence-electron chi connectivity index (χ4n) is 1.14. The predicted octanol–water partition coefficient (Wildman–Crippen LogP) is 1.29. The van der Waals surface area contributed by atoms with Gasteiger partial charge in [-0.15, -0.1) is 0 Å². The SMILES string of the molecule is Nc1ccccc1C1=NC(=O)CS1. The van der Waals surface area contributed by atoms with E-state index in [9.17, 15) is 4.79 Å². The first-order chi connectivity index (χ1) is 6.27. The molecule has 66 valence electrons.